The average Bonchev–Trinajstić information content (AvgIpc) is 2.83. The van der Waals surface area contributed by atoms with Crippen LogP contribution in [0.1, 0.15) is 11.1 Å². The van der Waals surface area contributed by atoms with Gasteiger partial charge in [0, 0.05) is 6.07 Å². The standard InChI is InChI=1S/C17H12ClN3O3S/c1-10-3-2-4-12(7-10)20-16(22)14(19-17(20)25)8-11-5-6-13(18)15(9-11)21(23)24/h2-9H,1H3,(H,19,25)/b14-8+. The van der Waals surface area contributed by atoms with E-state index >= 15 is 0 Å². The minimum Gasteiger partial charge on any atom is -0.327 e. The maximum atomic E-state index is 12.7. The molecule has 3 rings (SSSR count). The molecule has 2 aromatic rings. The Morgan fingerprint density at radius 2 is 2.04 bits per heavy atom. The molecule has 0 unspecified atom stereocenters. The molecule has 0 radical (unpaired) electrons. The van der Waals surface area contributed by atoms with Gasteiger partial charge in [0.2, 0.25) is 0 Å². The molecule has 0 aliphatic carbocycles. The normalized spacial score (nSPS) is 15.6. The zero-order chi connectivity index (χ0) is 18.1. The first-order valence-corrected chi connectivity index (χ1v) is 8.03. The smallest absolute Gasteiger partial charge is 0.288 e. The third kappa shape index (κ3) is 3.38. The number of benzene rings is 2. The number of nitro benzene ring substituents is 1. The number of rotatable bonds is 3. The number of nitrogens with zero attached hydrogens (tertiary/aromatic N) is 2. The summed E-state index contributed by atoms with van der Waals surface area (Å²) in [4.78, 5) is 24.5. The van der Waals surface area contributed by atoms with Crippen LogP contribution >= 0.6 is 23.8 Å². The highest BCUT2D eigenvalue weighted by molar-refractivity contribution is 7.80. The Morgan fingerprint density at radius 3 is 2.72 bits per heavy atom. The van der Waals surface area contributed by atoms with E-state index < -0.39 is 4.92 Å². The molecule has 25 heavy (non-hydrogen) atoms. The topological polar surface area (TPSA) is 75.5 Å². The third-order valence-corrected chi connectivity index (χ3v) is 4.22. The van der Waals surface area contributed by atoms with Crippen LogP contribution in [0.25, 0.3) is 6.08 Å². The van der Waals surface area contributed by atoms with Crippen molar-refractivity contribution in [2.24, 2.45) is 0 Å². The molecule has 2 aromatic carbocycles. The number of hydrogen-bond donors (Lipinski definition) is 1. The lowest BCUT2D eigenvalue weighted by atomic mass is 10.1. The largest absolute Gasteiger partial charge is 0.327 e. The molecule has 1 N–H and O–H groups in total. The highest BCUT2D eigenvalue weighted by Crippen LogP contribution is 2.27. The first-order chi connectivity index (χ1) is 11.9. The Hall–Kier alpha value is -2.77. The Kier molecular flexibility index (Phi) is 4.52. The number of amides is 1. The Balaban J connectivity index is 1.96. The number of hydrogen-bond acceptors (Lipinski definition) is 4. The van der Waals surface area contributed by atoms with Crippen molar-refractivity contribution in [1.82, 2.24) is 5.32 Å². The second-order valence-corrected chi connectivity index (χ2v) is 6.23. The zero-order valence-corrected chi connectivity index (χ0v) is 14.6. The fraction of sp³-hybridized carbons (Fsp3) is 0.0588. The van der Waals surface area contributed by atoms with Gasteiger partial charge in [-0.3, -0.25) is 19.8 Å². The van der Waals surface area contributed by atoms with Crippen LogP contribution < -0.4 is 10.2 Å². The molecule has 0 aromatic heterocycles. The summed E-state index contributed by atoms with van der Waals surface area (Å²) in [7, 11) is 0. The number of anilines is 1. The van der Waals surface area contributed by atoms with Gasteiger partial charge in [-0.05, 0) is 54.5 Å². The van der Waals surface area contributed by atoms with Crippen LogP contribution in [0.3, 0.4) is 0 Å². The number of halogens is 1. The van der Waals surface area contributed by atoms with Crippen LogP contribution in [0.2, 0.25) is 5.02 Å². The summed E-state index contributed by atoms with van der Waals surface area (Å²) in [5, 5.41) is 14.1. The van der Waals surface area contributed by atoms with Crippen molar-refractivity contribution >= 4 is 52.3 Å². The van der Waals surface area contributed by atoms with Crippen LogP contribution in [0.15, 0.2) is 48.2 Å². The van der Waals surface area contributed by atoms with Gasteiger partial charge in [0.15, 0.2) is 5.11 Å². The highest BCUT2D eigenvalue weighted by Gasteiger charge is 2.32. The Bertz CT molecular complexity index is 942. The Labute approximate surface area is 153 Å². The van der Waals surface area contributed by atoms with Gasteiger partial charge in [0.1, 0.15) is 10.7 Å². The number of nitro groups is 1. The fourth-order valence-electron chi connectivity index (χ4n) is 2.46. The van der Waals surface area contributed by atoms with Crippen LogP contribution in [-0.4, -0.2) is 15.9 Å². The lowest BCUT2D eigenvalue weighted by molar-refractivity contribution is -0.384. The summed E-state index contributed by atoms with van der Waals surface area (Å²) < 4.78 is 0. The molecule has 1 saturated heterocycles. The van der Waals surface area contributed by atoms with Gasteiger partial charge in [-0.2, -0.15) is 0 Å². The summed E-state index contributed by atoms with van der Waals surface area (Å²) in [5.41, 5.74) is 2.15. The summed E-state index contributed by atoms with van der Waals surface area (Å²) >= 11 is 11.1. The van der Waals surface area contributed by atoms with E-state index in [1.165, 1.54) is 23.1 Å². The number of thiocarbonyl (C=S) groups is 1. The summed E-state index contributed by atoms with van der Waals surface area (Å²) in [6.45, 7) is 1.92. The van der Waals surface area contributed by atoms with Crippen molar-refractivity contribution in [2.75, 3.05) is 4.90 Å². The number of nitrogens with one attached hydrogen (secondary N) is 1. The predicted molar refractivity (Wildman–Crippen MR) is 100 cm³/mol. The minimum absolute atomic E-state index is 0.0368. The molecule has 1 aliphatic heterocycles. The van der Waals surface area contributed by atoms with Gasteiger partial charge in [-0.1, -0.05) is 29.8 Å². The molecular formula is C17H12ClN3O3S. The number of carbonyl (C=O) groups excluding carboxylic acids is 1. The monoisotopic (exact) mass is 373 g/mol. The average molecular weight is 374 g/mol. The van der Waals surface area contributed by atoms with Crippen molar-refractivity contribution in [1.29, 1.82) is 0 Å². The number of carbonyl (C=O) groups is 1. The van der Waals surface area contributed by atoms with Gasteiger partial charge in [0.25, 0.3) is 11.6 Å². The van der Waals surface area contributed by atoms with E-state index in [0.717, 1.165) is 5.56 Å². The molecular weight excluding hydrogens is 362 g/mol. The molecule has 1 heterocycles. The van der Waals surface area contributed by atoms with Crippen molar-refractivity contribution in [2.45, 2.75) is 6.92 Å². The van der Waals surface area contributed by atoms with Crippen molar-refractivity contribution in [3.05, 3.63) is 74.4 Å². The summed E-state index contributed by atoms with van der Waals surface area (Å²) in [5.74, 6) is -0.326. The van der Waals surface area contributed by atoms with Crippen molar-refractivity contribution in [3.63, 3.8) is 0 Å². The zero-order valence-electron chi connectivity index (χ0n) is 13.0. The highest BCUT2D eigenvalue weighted by atomic mass is 35.5. The van der Waals surface area contributed by atoms with Gasteiger partial charge < -0.3 is 5.32 Å². The summed E-state index contributed by atoms with van der Waals surface area (Å²) in [6, 6.07) is 11.7. The molecule has 0 spiro atoms. The molecule has 8 heteroatoms. The second kappa shape index (κ2) is 6.62. The first-order valence-electron chi connectivity index (χ1n) is 7.24. The minimum atomic E-state index is -0.572. The maximum Gasteiger partial charge on any atom is 0.288 e. The molecule has 6 nitrogen and oxygen atoms in total. The van der Waals surface area contributed by atoms with Gasteiger partial charge in [0.05, 0.1) is 10.6 Å². The van der Waals surface area contributed by atoms with Gasteiger partial charge in [-0.15, -0.1) is 0 Å². The lowest BCUT2D eigenvalue weighted by Gasteiger charge is -2.14. The van der Waals surface area contributed by atoms with E-state index in [-0.39, 0.29) is 27.4 Å². The number of aryl methyl sites for hydroxylation is 1. The van der Waals surface area contributed by atoms with E-state index in [9.17, 15) is 14.9 Å². The van der Waals surface area contributed by atoms with Crippen molar-refractivity contribution in [3.8, 4) is 0 Å². The van der Waals surface area contributed by atoms with Crippen LogP contribution in [0.4, 0.5) is 11.4 Å². The van der Waals surface area contributed by atoms with E-state index in [2.05, 4.69) is 5.32 Å². The molecule has 1 fully saturated rings. The molecule has 1 aliphatic rings. The summed E-state index contributed by atoms with van der Waals surface area (Å²) in [6.07, 6.45) is 1.51. The lowest BCUT2D eigenvalue weighted by Crippen LogP contribution is -2.30. The van der Waals surface area contributed by atoms with Crippen molar-refractivity contribution < 1.29 is 9.72 Å². The maximum absolute atomic E-state index is 12.7. The van der Waals surface area contributed by atoms with Crippen LogP contribution in [0.5, 0.6) is 0 Å². The third-order valence-electron chi connectivity index (χ3n) is 3.62. The van der Waals surface area contributed by atoms with E-state index in [0.29, 0.717) is 11.3 Å². The molecule has 0 saturated carbocycles. The Morgan fingerprint density at radius 1 is 1.28 bits per heavy atom. The molecule has 0 atom stereocenters. The van der Waals surface area contributed by atoms with Crippen LogP contribution in [-0.2, 0) is 4.79 Å². The molecule has 1 amide bonds. The van der Waals surface area contributed by atoms with Crippen LogP contribution in [0, 0.1) is 17.0 Å². The van der Waals surface area contributed by atoms with Gasteiger partial charge >= 0.3 is 0 Å². The van der Waals surface area contributed by atoms with E-state index in [1.54, 1.807) is 12.1 Å². The van der Waals surface area contributed by atoms with Gasteiger partial charge in [-0.25, -0.2) is 0 Å². The molecule has 0 bridgehead atoms. The quantitative estimate of drug-likeness (QED) is 0.383. The predicted octanol–water partition coefficient (Wildman–Crippen LogP) is 3.82. The first kappa shape index (κ1) is 17.1. The second-order valence-electron chi connectivity index (χ2n) is 5.44. The fourth-order valence-corrected chi connectivity index (χ4v) is 2.95. The van der Waals surface area contributed by atoms with E-state index in [1.807, 2.05) is 25.1 Å². The van der Waals surface area contributed by atoms with E-state index in [4.69, 9.17) is 23.8 Å². The SMILES string of the molecule is Cc1cccc(N2C(=O)/C(=C\c3ccc(Cl)c([N+](=O)[O-])c3)NC2=S)c1. The molecule has 126 valence electrons.